The van der Waals surface area contributed by atoms with Crippen LogP contribution in [0.4, 0.5) is 5.69 Å². The standard InChI is InChI=1S/C27H30N2O4S/c1-33-25-14-12-24(13-15-25)29(34(31,32)26-10-6-3-7-11-26)21-27(30)28-18-16-23(17-19-28)20-22-8-4-2-5-9-22/h2-15,23H,16-21H2,1H3. The molecule has 6 nitrogen and oxygen atoms in total. The summed E-state index contributed by atoms with van der Waals surface area (Å²) in [6, 6.07) is 25.3. The molecule has 1 fully saturated rings. The lowest BCUT2D eigenvalue weighted by atomic mass is 9.90. The maximum absolute atomic E-state index is 13.5. The van der Waals surface area contributed by atoms with E-state index in [4.69, 9.17) is 4.74 Å². The number of hydrogen-bond donors (Lipinski definition) is 0. The first-order valence-corrected chi connectivity index (χ1v) is 12.9. The summed E-state index contributed by atoms with van der Waals surface area (Å²) >= 11 is 0. The van der Waals surface area contributed by atoms with E-state index in [1.165, 1.54) is 9.87 Å². The fourth-order valence-corrected chi connectivity index (χ4v) is 5.78. The van der Waals surface area contributed by atoms with Gasteiger partial charge in [-0.2, -0.15) is 0 Å². The average Bonchev–Trinajstić information content (AvgIpc) is 2.89. The van der Waals surface area contributed by atoms with Crippen LogP contribution >= 0.6 is 0 Å². The zero-order valence-corrected chi connectivity index (χ0v) is 20.2. The van der Waals surface area contributed by atoms with Crippen molar-refractivity contribution in [2.75, 3.05) is 31.0 Å². The SMILES string of the molecule is COc1ccc(N(CC(=O)N2CCC(Cc3ccccc3)CC2)S(=O)(=O)c2ccccc2)cc1. The molecule has 1 aliphatic heterocycles. The number of sulfonamides is 1. The number of anilines is 1. The molecule has 1 saturated heterocycles. The van der Waals surface area contributed by atoms with Crippen molar-refractivity contribution in [1.29, 1.82) is 0 Å². The molecule has 0 aromatic heterocycles. The Balaban J connectivity index is 1.48. The first-order valence-electron chi connectivity index (χ1n) is 11.5. The molecule has 0 radical (unpaired) electrons. The molecule has 0 atom stereocenters. The molecular formula is C27H30N2O4S. The smallest absolute Gasteiger partial charge is 0.264 e. The number of benzene rings is 3. The van der Waals surface area contributed by atoms with E-state index in [1.54, 1.807) is 66.6 Å². The molecule has 3 aromatic carbocycles. The van der Waals surface area contributed by atoms with Gasteiger partial charge in [-0.25, -0.2) is 8.42 Å². The van der Waals surface area contributed by atoms with E-state index in [0.29, 0.717) is 30.4 Å². The fourth-order valence-electron chi connectivity index (χ4n) is 4.34. The predicted molar refractivity (Wildman–Crippen MR) is 133 cm³/mol. The van der Waals surface area contributed by atoms with Crippen LogP contribution < -0.4 is 9.04 Å². The minimum Gasteiger partial charge on any atom is -0.497 e. The average molecular weight is 479 g/mol. The summed E-state index contributed by atoms with van der Waals surface area (Å²) in [5, 5.41) is 0. The van der Waals surface area contributed by atoms with Crippen LogP contribution in [-0.2, 0) is 21.2 Å². The molecule has 0 N–H and O–H groups in total. The van der Waals surface area contributed by atoms with Crippen molar-refractivity contribution in [3.63, 3.8) is 0 Å². The van der Waals surface area contributed by atoms with Crippen LogP contribution in [0.2, 0.25) is 0 Å². The summed E-state index contributed by atoms with van der Waals surface area (Å²) < 4.78 is 33.4. The third-order valence-corrected chi connectivity index (χ3v) is 8.09. The van der Waals surface area contributed by atoms with Gasteiger partial charge in [0.05, 0.1) is 17.7 Å². The molecular weight excluding hydrogens is 448 g/mol. The van der Waals surface area contributed by atoms with Gasteiger partial charge in [0.15, 0.2) is 0 Å². The second-order valence-corrected chi connectivity index (χ2v) is 10.4. The molecule has 0 bridgehead atoms. The summed E-state index contributed by atoms with van der Waals surface area (Å²) in [7, 11) is -2.36. The first-order chi connectivity index (χ1) is 16.5. The first kappa shape index (κ1) is 23.8. The predicted octanol–water partition coefficient (Wildman–Crippen LogP) is 4.37. The van der Waals surface area contributed by atoms with Crippen LogP contribution in [0.3, 0.4) is 0 Å². The zero-order valence-electron chi connectivity index (χ0n) is 19.3. The Kier molecular flexibility index (Phi) is 7.53. The molecule has 4 rings (SSSR count). The van der Waals surface area contributed by atoms with Gasteiger partial charge in [0.2, 0.25) is 5.91 Å². The van der Waals surface area contributed by atoms with E-state index in [1.807, 2.05) is 6.07 Å². The third-order valence-electron chi connectivity index (χ3n) is 6.30. The maximum Gasteiger partial charge on any atom is 0.264 e. The van der Waals surface area contributed by atoms with Gasteiger partial charge in [-0.3, -0.25) is 9.10 Å². The Morgan fingerprint density at radius 1 is 0.912 bits per heavy atom. The number of methoxy groups -OCH3 is 1. The number of rotatable bonds is 8. The summed E-state index contributed by atoms with van der Waals surface area (Å²) in [5.74, 6) is 0.957. The number of nitrogens with zero attached hydrogens (tertiary/aromatic N) is 2. The van der Waals surface area contributed by atoms with E-state index in [9.17, 15) is 13.2 Å². The van der Waals surface area contributed by atoms with Crippen LogP contribution in [0.1, 0.15) is 18.4 Å². The normalized spacial score (nSPS) is 14.6. The Morgan fingerprint density at radius 2 is 1.50 bits per heavy atom. The number of amides is 1. The van der Waals surface area contributed by atoms with Crippen molar-refractivity contribution in [3.8, 4) is 5.75 Å². The van der Waals surface area contributed by atoms with Gasteiger partial charge < -0.3 is 9.64 Å². The topological polar surface area (TPSA) is 66.9 Å². The highest BCUT2D eigenvalue weighted by molar-refractivity contribution is 7.92. The Hall–Kier alpha value is -3.32. The van der Waals surface area contributed by atoms with E-state index in [0.717, 1.165) is 19.3 Å². The Bertz CT molecular complexity index is 1170. The number of carbonyl (C=O) groups is 1. The summed E-state index contributed by atoms with van der Waals surface area (Å²) in [6.45, 7) is 1.03. The maximum atomic E-state index is 13.5. The molecule has 1 aliphatic rings. The van der Waals surface area contributed by atoms with Crippen LogP contribution in [0.25, 0.3) is 0 Å². The van der Waals surface area contributed by atoms with E-state index in [2.05, 4.69) is 24.3 Å². The van der Waals surface area contributed by atoms with Crippen molar-refractivity contribution in [1.82, 2.24) is 4.90 Å². The van der Waals surface area contributed by atoms with Crippen LogP contribution in [-0.4, -0.2) is 46.0 Å². The monoisotopic (exact) mass is 478 g/mol. The summed E-state index contributed by atoms with van der Waals surface area (Å²) in [4.78, 5) is 15.2. The number of carbonyl (C=O) groups excluding carboxylic acids is 1. The van der Waals surface area contributed by atoms with Crippen molar-refractivity contribution in [2.24, 2.45) is 5.92 Å². The van der Waals surface area contributed by atoms with E-state index >= 15 is 0 Å². The molecule has 0 unspecified atom stereocenters. The van der Waals surface area contributed by atoms with Crippen molar-refractivity contribution < 1.29 is 17.9 Å². The highest BCUT2D eigenvalue weighted by Crippen LogP contribution is 2.27. The van der Waals surface area contributed by atoms with Crippen LogP contribution in [0.15, 0.2) is 89.8 Å². The minimum absolute atomic E-state index is 0.153. The van der Waals surface area contributed by atoms with Crippen molar-refractivity contribution in [2.45, 2.75) is 24.2 Å². The molecule has 0 aliphatic carbocycles. The van der Waals surface area contributed by atoms with E-state index < -0.39 is 10.0 Å². The molecule has 1 heterocycles. The van der Waals surface area contributed by atoms with Crippen molar-refractivity contribution >= 4 is 21.6 Å². The summed E-state index contributed by atoms with van der Waals surface area (Å²) in [5.41, 5.74) is 1.74. The molecule has 1 amide bonds. The molecule has 0 saturated carbocycles. The molecule has 3 aromatic rings. The molecule has 34 heavy (non-hydrogen) atoms. The number of hydrogen-bond acceptors (Lipinski definition) is 4. The van der Waals surface area contributed by atoms with Crippen molar-refractivity contribution in [3.05, 3.63) is 90.5 Å². The Morgan fingerprint density at radius 3 is 2.09 bits per heavy atom. The molecule has 0 spiro atoms. The fraction of sp³-hybridized carbons (Fsp3) is 0.296. The third kappa shape index (κ3) is 5.59. The molecule has 178 valence electrons. The second kappa shape index (κ2) is 10.7. The van der Waals surface area contributed by atoms with Crippen LogP contribution in [0, 0.1) is 5.92 Å². The summed E-state index contributed by atoms with van der Waals surface area (Å²) in [6.07, 6.45) is 2.83. The van der Waals surface area contributed by atoms with E-state index in [-0.39, 0.29) is 17.3 Å². The van der Waals surface area contributed by atoms with Gasteiger partial charge in [-0.05, 0) is 67.1 Å². The largest absolute Gasteiger partial charge is 0.497 e. The quantitative estimate of drug-likeness (QED) is 0.482. The van der Waals surface area contributed by atoms with Crippen LogP contribution in [0.5, 0.6) is 5.75 Å². The van der Waals surface area contributed by atoms with Gasteiger partial charge >= 0.3 is 0 Å². The lowest BCUT2D eigenvalue weighted by Crippen LogP contribution is -2.46. The Labute approximate surface area is 201 Å². The zero-order chi connectivity index (χ0) is 24.0. The number of ether oxygens (including phenoxy) is 1. The lowest BCUT2D eigenvalue weighted by Gasteiger charge is -2.34. The second-order valence-electron chi connectivity index (χ2n) is 8.54. The van der Waals surface area contributed by atoms with Gasteiger partial charge in [-0.1, -0.05) is 48.5 Å². The number of piperidine rings is 1. The van der Waals surface area contributed by atoms with Gasteiger partial charge in [0, 0.05) is 13.1 Å². The minimum atomic E-state index is -3.91. The number of likely N-dealkylation sites (tertiary alicyclic amines) is 1. The highest BCUT2D eigenvalue weighted by Gasteiger charge is 2.30. The molecule has 7 heteroatoms. The van der Waals surface area contributed by atoms with Gasteiger partial charge in [0.1, 0.15) is 12.3 Å². The lowest BCUT2D eigenvalue weighted by molar-refractivity contribution is -0.130. The highest BCUT2D eigenvalue weighted by atomic mass is 32.2. The van der Waals surface area contributed by atoms with Gasteiger partial charge in [-0.15, -0.1) is 0 Å². The van der Waals surface area contributed by atoms with Gasteiger partial charge in [0.25, 0.3) is 10.0 Å².